The Bertz CT molecular complexity index is 535. The molecule has 2 aromatic rings. The van der Waals surface area contributed by atoms with Crippen LogP contribution in [0.1, 0.15) is 13.8 Å². The minimum Gasteiger partial charge on any atom is -0.481 e. The number of rotatable bonds is 4. The van der Waals surface area contributed by atoms with Gasteiger partial charge in [0, 0.05) is 16.4 Å². The van der Waals surface area contributed by atoms with Gasteiger partial charge in [0.15, 0.2) is 0 Å². The summed E-state index contributed by atoms with van der Waals surface area (Å²) in [5.41, 5.74) is 0.969. The minimum atomic E-state index is -0.776. The van der Waals surface area contributed by atoms with E-state index in [1.165, 1.54) is 10.1 Å². The summed E-state index contributed by atoms with van der Waals surface area (Å²) in [6.45, 7) is 3.60. The van der Waals surface area contributed by atoms with Crippen LogP contribution in [0.4, 0.5) is 5.69 Å². The Morgan fingerprint density at radius 2 is 2.12 bits per heavy atom. The molecule has 1 aromatic carbocycles. The molecule has 4 heteroatoms. The molecule has 0 bridgehead atoms. The number of thiophene rings is 1. The van der Waals surface area contributed by atoms with Gasteiger partial charge in [0.2, 0.25) is 0 Å². The number of benzene rings is 1. The number of nitrogens with one attached hydrogen (secondary N) is 1. The highest BCUT2D eigenvalue weighted by Crippen LogP contribution is 2.24. The van der Waals surface area contributed by atoms with Crippen molar-refractivity contribution < 1.29 is 9.90 Å². The molecule has 0 aliphatic heterocycles. The highest BCUT2D eigenvalue weighted by molar-refractivity contribution is 7.17. The molecular weight excluding hydrogens is 234 g/mol. The molecule has 0 spiro atoms. The molecule has 0 fully saturated rings. The van der Waals surface area contributed by atoms with Gasteiger partial charge in [-0.15, -0.1) is 11.3 Å². The largest absolute Gasteiger partial charge is 0.481 e. The third-order valence-electron chi connectivity index (χ3n) is 2.99. The fourth-order valence-corrected chi connectivity index (χ4v) is 2.43. The van der Waals surface area contributed by atoms with E-state index in [4.69, 9.17) is 5.11 Å². The van der Waals surface area contributed by atoms with Crippen LogP contribution in [0, 0.1) is 5.92 Å². The molecule has 0 aliphatic carbocycles. The fourth-order valence-electron chi connectivity index (χ4n) is 1.66. The molecule has 2 atom stereocenters. The lowest BCUT2D eigenvalue weighted by atomic mass is 10.0. The Kier molecular flexibility index (Phi) is 3.33. The Labute approximate surface area is 104 Å². The van der Waals surface area contributed by atoms with Crippen LogP contribution in [-0.4, -0.2) is 17.1 Å². The Morgan fingerprint density at radius 1 is 1.35 bits per heavy atom. The van der Waals surface area contributed by atoms with Gasteiger partial charge in [-0.1, -0.05) is 0 Å². The second-order valence-electron chi connectivity index (χ2n) is 4.23. The van der Waals surface area contributed by atoms with Crippen LogP contribution in [0.25, 0.3) is 10.1 Å². The molecule has 1 aromatic heterocycles. The van der Waals surface area contributed by atoms with E-state index in [9.17, 15) is 4.79 Å². The fraction of sp³-hybridized carbons (Fsp3) is 0.308. The van der Waals surface area contributed by atoms with Crippen LogP contribution >= 0.6 is 11.3 Å². The van der Waals surface area contributed by atoms with Gasteiger partial charge in [-0.05, 0) is 48.9 Å². The smallest absolute Gasteiger partial charge is 0.308 e. The van der Waals surface area contributed by atoms with E-state index in [0.717, 1.165) is 5.69 Å². The molecular formula is C13H15NO2S. The van der Waals surface area contributed by atoms with E-state index in [-0.39, 0.29) is 6.04 Å². The molecule has 2 unspecified atom stereocenters. The number of fused-ring (bicyclic) bond motifs is 1. The van der Waals surface area contributed by atoms with E-state index >= 15 is 0 Å². The van der Waals surface area contributed by atoms with Crippen LogP contribution in [-0.2, 0) is 4.79 Å². The number of carbonyl (C=O) groups is 1. The summed E-state index contributed by atoms with van der Waals surface area (Å²) in [7, 11) is 0. The zero-order valence-electron chi connectivity index (χ0n) is 9.81. The van der Waals surface area contributed by atoms with E-state index in [1.807, 2.05) is 13.0 Å². The lowest BCUT2D eigenvalue weighted by molar-refractivity contribution is -0.141. The van der Waals surface area contributed by atoms with E-state index in [1.54, 1.807) is 18.3 Å². The molecule has 0 saturated carbocycles. The highest BCUT2D eigenvalue weighted by atomic mass is 32.1. The lowest BCUT2D eigenvalue weighted by Gasteiger charge is -2.19. The summed E-state index contributed by atoms with van der Waals surface area (Å²) in [6.07, 6.45) is 0. The van der Waals surface area contributed by atoms with Gasteiger partial charge in [0.05, 0.1) is 5.92 Å². The maximum absolute atomic E-state index is 10.9. The van der Waals surface area contributed by atoms with Gasteiger partial charge in [-0.2, -0.15) is 0 Å². The van der Waals surface area contributed by atoms with E-state index in [2.05, 4.69) is 28.9 Å². The number of carboxylic acids is 1. The highest BCUT2D eigenvalue weighted by Gasteiger charge is 2.18. The van der Waals surface area contributed by atoms with Crippen molar-refractivity contribution in [1.82, 2.24) is 0 Å². The van der Waals surface area contributed by atoms with E-state index in [0.29, 0.717) is 0 Å². The van der Waals surface area contributed by atoms with Crippen molar-refractivity contribution >= 4 is 33.1 Å². The van der Waals surface area contributed by atoms with Gasteiger partial charge in [-0.3, -0.25) is 4.79 Å². The van der Waals surface area contributed by atoms with Crippen LogP contribution < -0.4 is 5.32 Å². The number of carboxylic acid groups (broad SMARTS) is 1. The van der Waals surface area contributed by atoms with Crippen molar-refractivity contribution in [2.75, 3.05) is 5.32 Å². The average molecular weight is 249 g/mol. The maximum Gasteiger partial charge on any atom is 0.308 e. The van der Waals surface area contributed by atoms with Crippen molar-refractivity contribution in [3.63, 3.8) is 0 Å². The number of hydrogen-bond acceptors (Lipinski definition) is 3. The first-order chi connectivity index (χ1) is 8.08. The number of aliphatic carboxylic acids is 1. The molecule has 0 radical (unpaired) electrons. The molecule has 1 heterocycles. The summed E-state index contributed by atoms with van der Waals surface area (Å²) >= 11 is 1.70. The monoisotopic (exact) mass is 249 g/mol. The lowest BCUT2D eigenvalue weighted by Crippen LogP contribution is -2.29. The van der Waals surface area contributed by atoms with Crippen LogP contribution in [0.5, 0.6) is 0 Å². The van der Waals surface area contributed by atoms with Crippen LogP contribution in [0.3, 0.4) is 0 Å². The minimum absolute atomic E-state index is 0.0939. The average Bonchev–Trinajstić information content (AvgIpc) is 2.74. The molecule has 0 amide bonds. The second-order valence-corrected chi connectivity index (χ2v) is 5.18. The summed E-state index contributed by atoms with van der Waals surface area (Å²) in [6, 6.07) is 8.07. The van der Waals surface area contributed by atoms with Gasteiger partial charge in [0.25, 0.3) is 0 Å². The first kappa shape index (κ1) is 11.9. The molecule has 0 aliphatic rings. The predicted molar refractivity (Wildman–Crippen MR) is 71.7 cm³/mol. The predicted octanol–water partition coefficient (Wildman–Crippen LogP) is 3.42. The SMILES string of the molecule is CC(Nc1ccc2sccc2c1)C(C)C(=O)O. The summed E-state index contributed by atoms with van der Waals surface area (Å²) in [5.74, 6) is -1.19. The third kappa shape index (κ3) is 2.58. The molecule has 2 rings (SSSR count). The Morgan fingerprint density at radius 3 is 2.82 bits per heavy atom. The molecule has 17 heavy (non-hydrogen) atoms. The molecule has 90 valence electrons. The number of anilines is 1. The van der Waals surface area contributed by atoms with E-state index < -0.39 is 11.9 Å². The quantitative estimate of drug-likeness (QED) is 0.872. The standard InChI is InChI=1S/C13H15NO2S/c1-8(13(15)16)9(2)14-11-3-4-12-10(7-11)5-6-17-12/h3-9,14H,1-2H3,(H,15,16). The zero-order valence-corrected chi connectivity index (χ0v) is 10.6. The van der Waals surface area contributed by atoms with Gasteiger partial charge in [-0.25, -0.2) is 0 Å². The van der Waals surface area contributed by atoms with Crippen LogP contribution in [0.15, 0.2) is 29.6 Å². The zero-order chi connectivity index (χ0) is 12.4. The summed E-state index contributed by atoms with van der Waals surface area (Å²) < 4.78 is 1.24. The van der Waals surface area contributed by atoms with Gasteiger partial charge in [0.1, 0.15) is 0 Å². The van der Waals surface area contributed by atoms with Crippen molar-refractivity contribution in [3.8, 4) is 0 Å². The summed E-state index contributed by atoms with van der Waals surface area (Å²) in [4.78, 5) is 10.9. The second kappa shape index (κ2) is 4.75. The molecule has 2 N–H and O–H groups in total. The first-order valence-corrected chi connectivity index (χ1v) is 6.42. The molecule has 0 saturated heterocycles. The Balaban J connectivity index is 2.15. The third-order valence-corrected chi connectivity index (χ3v) is 3.88. The van der Waals surface area contributed by atoms with Crippen molar-refractivity contribution in [2.24, 2.45) is 5.92 Å². The van der Waals surface area contributed by atoms with Crippen LogP contribution in [0.2, 0.25) is 0 Å². The number of hydrogen-bond donors (Lipinski definition) is 2. The van der Waals surface area contributed by atoms with Gasteiger partial charge < -0.3 is 10.4 Å². The van der Waals surface area contributed by atoms with Crippen molar-refractivity contribution in [3.05, 3.63) is 29.6 Å². The topological polar surface area (TPSA) is 49.3 Å². The maximum atomic E-state index is 10.9. The molecule has 3 nitrogen and oxygen atoms in total. The van der Waals surface area contributed by atoms with Crippen molar-refractivity contribution in [1.29, 1.82) is 0 Å². The van der Waals surface area contributed by atoms with Crippen molar-refractivity contribution in [2.45, 2.75) is 19.9 Å². The van der Waals surface area contributed by atoms with Gasteiger partial charge >= 0.3 is 5.97 Å². The normalized spacial score (nSPS) is 14.5. The summed E-state index contributed by atoms with van der Waals surface area (Å²) in [5, 5.41) is 15.4. The first-order valence-electron chi connectivity index (χ1n) is 5.54. The Hall–Kier alpha value is -1.55.